The Morgan fingerprint density at radius 3 is 2.31 bits per heavy atom. The number of aliphatic hydroxyl groups is 3. The number of rotatable bonds is 6. The Morgan fingerprint density at radius 2 is 1.72 bits per heavy atom. The molecule has 0 aromatic heterocycles. The molecule has 9 atom stereocenters. The SMILES string of the molecule is C=C(CC[C@@H](C(=O)O)[C@H]1[C@H](O)[C@H](O)[C@@]2(C)C3=CC[C@H]4C(C)(C)[C@H](O)CC[C@]4(C)C3=CC[C@]12C)C(C)C. The van der Waals surface area contributed by atoms with Gasteiger partial charge in [0.25, 0.3) is 0 Å². The topological polar surface area (TPSA) is 98.0 Å². The highest BCUT2D eigenvalue weighted by atomic mass is 16.4. The lowest BCUT2D eigenvalue weighted by Crippen LogP contribution is -2.55. The number of allylic oxidation sites excluding steroid dienone is 4. The average molecular weight is 501 g/mol. The monoisotopic (exact) mass is 500 g/mol. The fourth-order valence-corrected chi connectivity index (χ4v) is 8.91. The lowest BCUT2D eigenvalue weighted by molar-refractivity contribution is -0.148. The first-order chi connectivity index (χ1) is 16.5. The van der Waals surface area contributed by atoms with Crippen molar-refractivity contribution in [3.8, 4) is 0 Å². The second-order valence-corrected chi connectivity index (χ2v) is 13.9. The molecule has 0 radical (unpaired) electrons. The van der Waals surface area contributed by atoms with Crippen LogP contribution >= 0.6 is 0 Å². The fraction of sp³-hybridized carbons (Fsp3) is 0.774. The Balaban J connectivity index is 1.77. The van der Waals surface area contributed by atoms with Gasteiger partial charge in [0.05, 0.1) is 24.2 Å². The summed E-state index contributed by atoms with van der Waals surface area (Å²) in [6, 6.07) is 0. The van der Waals surface area contributed by atoms with Gasteiger partial charge in [0, 0.05) is 11.3 Å². The summed E-state index contributed by atoms with van der Waals surface area (Å²) in [5.74, 6) is -1.67. The van der Waals surface area contributed by atoms with Crippen molar-refractivity contribution in [2.75, 3.05) is 0 Å². The van der Waals surface area contributed by atoms with E-state index in [-0.39, 0.29) is 28.8 Å². The second kappa shape index (κ2) is 8.81. The average Bonchev–Trinajstić information content (AvgIpc) is 2.94. The third-order valence-corrected chi connectivity index (χ3v) is 11.8. The number of carboxylic acids is 1. The molecule has 202 valence electrons. The first-order valence-electron chi connectivity index (χ1n) is 13.9. The largest absolute Gasteiger partial charge is 0.481 e. The van der Waals surface area contributed by atoms with Crippen LogP contribution in [0.25, 0.3) is 0 Å². The Morgan fingerprint density at radius 1 is 1.08 bits per heavy atom. The third kappa shape index (κ3) is 3.55. The van der Waals surface area contributed by atoms with Crippen LogP contribution in [0.2, 0.25) is 0 Å². The highest BCUT2D eigenvalue weighted by molar-refractivity contribution is 5.71. The molecule has 4 rings (SSSR count). The van der Waals surface area contributed by atoms with Gasteiger partial charge >= 0.3 is 5.97 Å². The van der Waals surface area contributed by atoms with Crippen LogP contribution < -0.4 is 0 Å². The lowest BCUT2D eigenvalue weighted by atomic mass is 9.44. The smallest absolute Gasteiger partial charge is 0.306 e. The first kappa shape index (κ1) is 27.6. The Labute approximate surface area is 217 Å². The van der Waals surface area contributed by atoms with Crippen LogP contribution in [-0.2, 0) is 4.79 Å². The second-order valence-electron chi connectivity index (χ2n) is 13.9. The molecule has 4 N–H and O–H groups in total. The van der Waals surface area contributed by atoms with E-state index in [1.807, 2.05) is 0 Å². The predicted octanol–water partition coefficient (Wildman–Crippen LogP) is 5.51. The van der Waals surface area contributed by atoms with E-state index in [0.717, 1.165) is 30.4 Å². The Hall–Kier alpha value is -1.43. The molecule has 4 aliphatic carbocycles. The molecule has 0 heterocycles. The van der Waals surface area contributed by atoms with E-state index < -0.39 is 40.8 Å². The van der Waals surface area contributed by atoms with Gasteiger partial charge in [-0.3, -0.25) is 4.79 Å². The van der Waals surface area contributed by atoms with Crippen LogP contribution in [0.15, 0.2) is 35.5 Å². The van der Waals surface area contributed by atoms with Gasteiger partial charge < -0.3 is 20.4 Å². The number of carbonyl (C=O) groups is 1. The van der Waals surface area contributed by atoms with Crippen molar-refractivity contribution in [3.05, 3.63) is 35.5 Å². The maximum Gasteiger partial charge on any atom is 0.306 e. The van der Waals surface area contributed by atoms with Gasteiger partial charge in [-0.1, -0.05) is 72.8 Å². The van der Waals surface area contributed by atoms with Crippen molar-refractivity contribution in [2.45, 2.75) is 105 Å². The minimum atomic E-state index is -1.11. The molecule has 36 heavy (non-hydrogen) atoms. The molecule has 4 aliphatic rings. The summed E-state index contributed by atoms with van der Waals surface area (Å²) in [6.45, 7) is 19.0. The first-order valence-corrected chi connectivity index (χ1v) is 13.9. The van der Waals surface area contributed by atoms with E-state index in [0.29, 0.717) is 19.3 Å². The molecular formula is C31H48O5. The molecule has 0 amide bonds. The molecular weight excluding hydrogens is 452 g/mol. The van der Waals surface area contributed by atoms with Gasteiger partial charge in [-0.2, -0.15) is 0 Å². The van der Waals surface area contributed by atoms with Crippen molar-refractivity contribution in [2.24, 2.45) is 45.3 Å². The molecule has 0 bridgehead atoms. The molecule has 0 unspecified atom stereocenters. The highest BCUT2D eigenvalue weighted by Gasteiger charge is 2.70. The summed E-state index contributed by atoms with van der Waals surface area (Å²) in [5, 5.41) is 44.3. The van der Waals surface area contributed by atoms with E-state index >= 15 is 0 Å². The molecule has 5 heteroatoms. The van der Waals surface area contributed by atoms with E-state index in [1.165, 1.54) is 5.57 Å². The highest BCUT2D eigenvalue weighted by Crippen LogP contribution is 2.71. The van der Waals surface area contributed by atoms with E-state index in [1.54, 1.807) is 0 Å². The van der Waals surface area contributed by atoms with Gasteiger partial charge in [0.15, 0.2) is 0 Å². The Kier molecular flexibility index (Phi) is 6.76. The van der Waals surface area contributed by atoms with E-state index in [2.05, 4.69) is 67.2 Å². The van der Waals surface area contributed by atoms with Crippen molar-refractivity contribution in [1.82, 2.24) is 0 Å². The van der Waals surface area contributed by atoms with E-state index in [9.17, 15) is 25.2 Å². The molecule has 2 fully saturated rings. The minimum Gasteiger partial charge on any atom is -0.481 e. The summed E-state index contributed by atoms with van der Waals surface area (Å²) in [5.41, 5.74) is 1.65. The van der Waals surface area contributed by atoms with Crippen molar-refractivity contribution < 1.29 is 25.2 Å². The minimum absolute atomic E-state index is 0.124. The normalized spacial score (nSPS) is 44.1. The van der Waals surface area contributed by atoms with Gasteiger partial charge in [-0.05, 0) is 77.8 Å². The summed E-state index contributed by atoms with van der Waals surface area (Å²) in [6.07, 6.45) is 6.10. The predicted molar refractivity (Wildman–Crippen MR) is 142 cm³/mol. The summed E-state index contributed by atoms with van der Waals surface area (Å²) < 4.78 is 0. The molecule has 0 aromatic rings. The lowest BCUT2D eigenvalue weighted by Gasteiger charge is -2.61. The van der Waals surface area contributed by atoms with Gasteiger partial charge in [-0.15, -0.1) is 0 Å². The van der Waals surface area contributed by atoms with E-state index in [4.69, 9.17) is 0 Å². The van der Waals surface area contributed by atoms with Crippen LogP contribution in [0.3, 0.4) is 0 Å². The zero-order chi connectivity index (χ0) is 27.0. The standard InChI is InChI=1S/C31H48O5/c1-17(2)18(3)9-10-19(27(35)36)24-25(33)26(34)31(8)21-11-12-22-28(4,5)23(32)14-15-29(22,6)20(21)13-16-30(24,31)7/h11,13,17,19,22-26,32-34H,3,9-10,12,14-16H2,1-2,4-8H3,(H,35,36)/t19-,22+,23-,24+,25+,26+,29-,30-,31-/m1/s1. The van der Waals surface area contributed by atoms with Crippen LogP contribution in [0, 0.1) is 45.3 Å². The number of carboxylic acid groups (broad SMARTS) is 1. The molecule has 5 nitrogen and oxygen atoms in total. The Bertz CT molecular complexity index is 991. The van der Waals surface area contributed by atoms with Crippen molar-refractivity contribution >= 4 is 5.97 Å². The fourth-order valence-electron chi connectivity index (χ4n) is 8.91. The zero-order valence-electron chi connectivity index (χ0n) is 23.3. The van der Waals surface area contributed by atoms with Crippen LogP contribution in [0.4, 0.5) is 0 Å². The summed E-state index contributed by atoms with van der Waals surface area (Å²) in [4.78, 5) is 12.6. The van der Waals surface area contributed by atoms with Crippen LogP contribution in [0.5, 0.6) is 0 Å². The maximum absolute atomic E-state index is 12.6. The maximum atomic E-state index is 12.6. The quantitative estimate of drug-likeness (QED) is 0.361. The molecule has 0 saturated heterocycles. The number of hydrogen-bond acceptors (Lipinski definition) is 4. The van der Waals surface area contributed by atoms with Gasteiger partial charge in [-0.25, -0.2) is 0 Å². The number of hydrogen-bond donors (Lipinski definition) is 4. The van der Waals surface area contributed by atoms with Crippen LogP contribution in [-0.4, -0.2) is 44.7 Å². The summed E-state index contributed by atoms with van der Waals surface area (Å²) in [7, 11) is 0. The number of aliphatic hydroxyl groups excluding tert-OH is 3. The van der Waals surface area contributed by atoms with Gasteiger partial charge in [0.2, 0.25) is 0 Å². The number of fused-ring (bicyclic) bond motifs is 5. The zero-order valence-corrected chi connectivity index (χ0v) is 23.3. The third-order valence-electron chi connectivity index (χ3n) is 11.8. The molecule has 0 aliphatic heterocycles. The van der Waals surface area contributed by atoms with Crippen molar-refractivity contribution in [1.29, 1.82) is 0 Å². The summed E-state index contributed by atoms with van der Waals surface area (Å²) >= 11 is 0. The molecule has 0 aromatic carbocycles. The molecule has 0 spiro atoms. The van der Waals surface area contributed by atoms with Crippen molar-refractivity contribution in [3.63, 3.8) is 0 Å². The van der Waals surface area contributed by atoms with Gasteiger partial charge in [0.1, 0.15) is 0 Å². The number of aliphatic carboxylic acids is 1. The molecule has 2 saturated carbocycles. The van der Waals surface area contributed by atoms with Crippen LogP contribution in [0.1, 0.15) is 87.0 Å².